The second kappa shape index (κ2) is 10.8. The van der Waals surface area contributed by atoms with Crippen molar-refractivity contribution in [2.75, 3.05) is 4.90 Å². The Labute approximate surface area is 267 Å². The van der Waals surface area contributed by atoms with Gasteiger partial charge in [-0.25, -0.2) is 0 Å². The van der Waals surface area contributed by atoms with Gasteiger partial charge in [0.1, 0.15) is 11.2 Å². The van der Waals surface area contributed by atoms with Crippen molar-refractivity contribution in [2.45, 2.75) is 0 Å². The zero-order valence-electron chi connectivity index (χ0n) is 25.1. The predicted molar refractivity (Wildman–Crippen MR) is 194 cm³/mol. The smallest absolute Gasteiger partial charge is 0.143 e. The number of furan rings is 1. The first kappa shape index (κ1) is 26.3. The van der Waals surface area contributed by atoms with Crippen molar-refractivity contribution in [2.24, 2.45) is 0 Å². The van der Waals surface area contributed by atoms with Crippen molar-refractivity contribution < 1.29 is 4.42 Å². The van der Waals surface area contributed by atoms with E-state index in [1.165, 1.54) is 27.3 Å². The van der Waals surface area contributed by atoms with Crippen LogP contribution in [0.2, 0.25) is 0 Å². The molecule has 0 unspecified atom stereocenters. The van der Waals surface area contributed by atoms with E-state index >= 15 is 0 Å². The molecule has 46 heavy (non-hydrogen) atoms. The average molecular weight is 588 g/mol. The van der Waals surface area contributed by atoms with Gasteiger partial charge in [0.2, 0.25) is 0 Å². The Kier molecular flexibility index (Phi) is 6.17. The van der Waals surface area contributed by atoms with Crippen molar-refractivity contribution in [1.29, 1.82) is 0 Å². The first-order chi connectivity index (χ1) is 22.8. The third kappa shape index (κ3) is 4.35. The lowest BCUT2D eigenvalue weighted by Gasteiger charge is -2.27. The Bertz CT molecular complexity index is 2520. The zero-order valence-corrected chi connectivity index (χ0v) is 25.1. The SMILES string of the molecule is c1ccc(-c2ccc(N(c3cccc(-c4cccc5oc6c7ccccc7ccc6c45)c3)c3cccc4ccccc34)cc2)cc1. The van der Waals surface area contributed by atoms with E-state index in [0.29, 0.717) is 0 Å². The summed E-state index contributed by atoms with van der Waals surface area (Å²) in [5, 5.41) is 7.02. The summed E-state index contributed by atoms with van der Waals surface area (Å²) in [4.78, 5) is 2.38. The molecule has 0 saturated heterocycles. The maximum Gasteiger partial charge on any atom is 0.143 e. The van der Waals surface area contributed by atoms with Crippen LogP contribution in [0.3, 0.4) is 0 Å². The number of hydrogen-bond acceptors (Lipinski definition) is 2. The van der Waals surface area contributed by atoms with E-state index in [0.717, 1.165) is 55.5 Å². The van der Waals surface area contributed by atoms with Gasteiger partial charge in [0.25, 0.3) is 0 Å². The average Bonchev–Trinajstić information content (AvgIpc) is 3.52. The minimum absolute atomic E-state index is 0.900. The summed E-state index contributed by atoms with van der Waals surface area (Å²) >= 11 is 0. The maximum atomic E-state index is 6.53. The molecule has 0 N–H and O–H groups in total. The third-order valence-electron chi connectivity index (χ3n) is 9.04. The highest BCUT2D eigenvalue weighted by molar-refractivity contribution is 6.19. The summed E-state index contributed by atoms with van der Waals surface area (Å²) in [5.41, 5.74) is 9.88. The highest BCUT2D eigenvalue weighted by Crippen LogP contribution is 2.43. The molecule has 0 amide bonds. The van der Waals surface area contributed by atoms with Crippen LogP contribution in [0.4, 0.5) is 17.1 Å². The van der Waals surface area contributed by atoms with Crippen LogP contribution in [0, 0.1) is 0 Å². The van der Waals surface area contributed by atoms with Crippen LogP contribution < -0.4 is 4.90 Å². The maximum absolute atomic E-state index is 6.53. The lowest BCUT2D eigenvalue weighted by Crippen LogP contribution is -2.10. The molecule has 0 spiro atoms. The Hall–Kier alpha value is -6.12. The number of rotatable bonds is 5. The molecule has 216 valence electrons. The molecule has 0 fully saturated rings. The molecule has 0 saturated carbocycles. The number of benzene rings is 8. The largest absolute Gasteiger partial charge is 0.455 e. The van der Waals surface area contributed by atoms with Crippen LogP contribution in [0.1, 0.15) is 0 Å². The Morgan fingerprint density at radius 3 is 1.89 bits per heavy atom. The highest BCUT2D eigenvalue weighted by atomic mass is 16.3. The van der Waals surface area contributed by atoms with Crippen molar-refractivity contribution in [3.8, 4) is 22.3 Å². The molecule has 0 bridgehead atoms. The van der Waals surface area contributed by atoms with E-state index in [1.54, 1.807) is 0 Å². The predicted octanol–water partition coefficient (Wildman–Crippen LogP) is 12.7. The van der Waals surface area contributed by atoms with Crippen LogP contribution in [0.15, 0.2) is 180 Å². The highest BCUT2D eigenvalue weighted by Gasteiger charge is 2.18. The zero-order chi connectivity index (χ0) is 30.5. The normalized spacial score (nSPS) is 11.5. The van der Waals surface area contributed by atoms with Crippen molar-refractivity contribution >= 4 is 60.5 Å². The molecule has 0 radical (unpaired) electrons. The third-order valence-corrected chi connectivity index (χ3v) is 9.04. The fraction of sp³-hybridized carbons (Fsp3) is 0. The van der Waals surface area contributed by atoms with E-state index in [9.17, 15) is 0 Å². The van der Waals surface area contributed by atoms with Crippen LogP contribution >= 0.6 is 0 Å². The molecule has 0 aliphatic rings. The molecule has 9 aromatic rings. The molecule has 2 heteroatoms. The second-order valence-electron chi connectivity index (χ2n) is 11.7. The molecule has 1 heterocycles. The molecule has 1 aromatic heterocycles. The molecule has 8 aromatic carbocycles. The first-order valence-electron chi connectivity index (χ1n) is 15.7. The van der Waals surface area contributed by atoms with E-state index in [2.05, 4.69) is 181 Å². The molecule has 0 aliphatic heterocycles. The van der Waals surface area contributed by atoms with Crippen LogP contribution in [0.5, 0.6) is 0 Å². The van der Waals surface area contributed by atoms with Gasteiger partial charge in [-0.15, -0.1) is 0 Å². The lowest BCUT2D eigenvalue weighted by atomic mass is 9.97. The topological polar surface area (TPSA) is 16.4 Å². The van der Waals surface area contributed by atoms with E-state index in [4.69, 9.17) is 4.42 Å². The molecular formula is C44H29NO. The Morgan fingerprint density at radius 2 is 1.04 bits per heavy atom. The summed E-state index contributed by atoms with van der Waals surface area (Å²) < 4.78 is 6.53. The number of anilines is 3. The summed E-state index contributed by atoms with van der Waals surface area (Å²) in [6.07, 6.45) is 0. The monoisotopic (exact) mass is 587 g/mol. The molecule has 0 aliphatic carbocycles. The molecule has 9 rings (SSSR count). The molecule has 0 atom stereocenters. The van der Waals surface area contributed by atoms with Gasteiger partial charge < -0.3 is 9.32 Å². The summed E-state index contributed by atoms with van der Waals surface area (Å²) in [6.45, 7) is 0. The standard InChI is InChI=1S/C44H29NO/c1-2-11-30(12-3-1)31-23-26-35(27-24-31)45(41-21-9-15-32-13-4-6-18-37(32)41)36-17-8-16-34(29-36)38-20-10-22-42-43(38)40-28-25-33-14-5-7-19-39(33)44(40)46-42/h1-29H. The number of nitrogens with zero attached hydrogens (tertiary/aromatic N) is 1. The molecular weight excluding hydrogens is 558 g/mol. The Balaban J connectivity index is 1.23. The van der Waals surface area contributed by atoms with Crippen LogP contribution in [-0.4, -0.2) is 0 Å². The van der Waals surface area contributed by atoms with Crippen molar-refractivity contribution in [3.05, 3.63) is 176 Å². The van der Waals surface area contributed by atoms with E-state index < -0.39 is 0 Å². The van der Waals surface area contributed by atoms with Crippen LogP contribution in [-0.2, 0) is 0 Å². The van der Waals surface area contributed by atoms with E-state index in [-0.39, 0.29) is 0 Å². The second-order valence-corrected chi connectivity index (χ2v) is 11.7. The van der Waals surface area contributed by atoms with Crippen molar-refractivity contribution in [3.63, 3.8) is 0 Å². The van der Waals surface area contributed by atoms with Gasteiger partial charge in [-0.05, 0) is 75.5 Å². The summed E-state index contributed by atoms with van der Waals surface area (Å²) in [7, 11) is 0. The lowest BCUT2D eigenvalue weighted by molar-refractivity contribution is 0.673. The minimum Gasteiger partial charge on any atom is -0.455 e. The van der Waals surface area contributed by atoms with Gasteiger partial charge in [0.15, 0.2) is 0 Å². The fourth-order valence-corrected chi connectivity index (χ4v) is 6.87. The van der Waals surface area contributed by atoms with Gasteiger partial charge >= 0.3 is 0 Å². The summed E-state index contributed by atoms with van der Waals surface area (Å²) in [5.74, 6) is 0. The number of fused-ring (bicyclic) bond motifs is 6. The van der Waals surface area contributed by atoms with Gasteiger partial charge in [0.05, 0.1) is 5.69 Å². The van der Waals surface area contributed by atoms with Gasteiger partial charge in [-0.2, -0.15) is 0 Å². The van der Waals surface area contributed by atoms with Crippen molar-refractivity contribution in [1.82, 2.24) is 0 Å². The first-order valence-corrected chi connectivity index (χ1v) is 15.7. The van der Waals surface area contributed by atoms with Gasteiger partial charge in [-0.3, -0.25) is 0 Å². The van der Waals surface area contributed by atoms with Crippen LogP contribution in [0.25, 0.3) is 65.7 Å². The molecule has 2 nitrogen and oxygen atoms in total. The summed E-state index contributed by atoms with van der Waals surface area (Å²) in [6, 6.07) is 62.7. The quantitative estimate of drug-likeness (QED) is 0.199. The number of hydrogen-bond donors (Lipinski definition) is 0. The van der Waals surface area contributed by atoms with E-state index in [1.807, 2.05) is 0 Å². The minimum atomic E-state index is 0.900. The Morgan fingerprint density at radius 1 is 0.391 bits per heavy atom. The van der Waals surface area contributed by atoms with Gasteiger partial charge in [-0.1, -0.05) is 133 Å². The fourth-order valence-electron chi connectivity index (χ4n) is 6.87. The van der Waals surface area contributed by atoms with Gasteiger partial charge in [0, 0.05) is 32.9 Å².